The SMILES string of the molecule is CC=CCC=CC=CC(O)CCCC(=O)O. The summed E-state index contributed by atoms with van der Waals surface area (Å²) in [6, 6.07) is 0. The van der Waals surface area contributed by atoms with E-state index in [9.17, 15) is 9.90 Å². The molecule has 0 fully saturated rings. The normalized spacial score (nSPS) is 14.1. The molecule has 3 nitrogen and oxygen atoms in total. The second kappa shape index (κ2) is 10.2. The van der Waals surface area contributed by atoms with E-state index in [1.807, 2.05) is 31.2 Å². The van der Waals surface area contributed by atoms with Gasteiger partial charge in [0.05, 0.1) is 6.10 Å². The highest BCUT2D eigenvalue weighted by Crippen LogP contribution is 2.02. The number of allylic oxidation sites excluding steroid dienone is 5. The Morgan fingerprint density at radius 2 is 2.06 bits per heavy atom. The Labute approximate surface area is 96.8 Å². The summed E-state index contributed by atoms with van der Waals surface area (Å²) in [5, 5.41) is 17.8. The van der Waals surface area contributed by atoms with Crippen LogP contribution in [0.4, 0.5) is 0 Å². The van der Waals surface area contributed by atoms with Crippen LogP contribution in [0.1, 0.15) is 32.6 Å². The fourth-order valence-corrected chi connectivity index (χ4v) is 1.12. The standard InChI is InChI=1S/C13H20O3/c1-2-3-4-5-6-7-9-12(14)10-8-11-13(15)16/h2-3,5-7,9,12,14H,4,8,10-11H2,1H3,(H,15,16). The van der Waals surface area contributed by atoms with Gasteiger partial charge in [0.2, 0.25) is 0 Å². The predicted octanol–water partition coefficient (Wildman–Crippen LogP) is 2.68. The van der Waals surface area contributed by atoms with E-state index in [0.29, 0.717) is 12.8 Å². The molecule has 0 aliphatic carbocycles. The number of rotatable bonds is 8. The summed E-state index contributed by atoms with van der Waals surface area (Å²) in [4.78, 5) is 10.2. The van der Waals surface area contributed by atoms with Crippen molar-refractivity contribution in [1.29, 1.82) is 0 Å². The van der Waals surface area contributed by atoms with E-state index in [-0.39, 0.29) is 6.42 Å². The van der Waals surface area contributed by atoms with Crippen molar-refractivity contribution in [3.63, 3.8) is 0 Å². The molecule has 0 heterocycles. The monoisotopic (exact) mass is 224 g/mol. The number of hydrogen-bond donors (Lipinski definition) is 2. The van der Waals surface area contributed by atoms with Crippen molar-refractivity contribution in [1.82, 2.24) is 0 Å². The van der Waals surface area contributed by atoms with Gasteiger partial charge in [0.25, 0.3) is 0 Å². The number of aliphatic hydroxyl groups excluding tert-OH is 1. The Bertz CT molecular complexity index is 264. The molecule has 1 atom stereocenters. The Kier molecular flexibility index (Phi) is 9.32. The first kappa shape index (κ1) is 14.6. The van der Waals surface area contributed by atoms with Gasteiger partial charge in [-0.3, -0.25) is 4.79 Å². The summed E-state index contributed by atoms with van der Waals surface area (Å²) in [7, 11) is 0. The van der Waals surface area contributed by atoms with Crippen LogP contribution in [0.25, 0.3) is 0 Å². The van der Waals surface area contributed by atoms with E-state index in [4.69, 9.17) is 5.11 Å². The van der Waals surface area contributed by atoms with Crippen LogP contribution in [0.2, 0.25) is 0 Å². The van der Waals surface area contributed by atoms with Crippen LogP contribution in [0, 0.1) is 0 Å². The van der Waals surface area contributed by atoms with E-state index < -0.39 is 12.1 Å². The van der Waals surface area contributed by atoms with E-state index in [1.54, 1.807) is 12.2 Å². The van der Waals surface area contributed by atoms with Gasteiger partial charge in [-0.1, -0.05) is 36.5 Å². The van der Waals surface area contributed by atoms with Gasteiger partial charge in [-0.05, 0) is 26.2 Å². The fraction of sp³-hybridized carbons (Fsp3) is 0.462. The second-order valence-corrected chi connectivity index (χ2v) is 3.47. The summed E-state index contributed by atoms with van der Waals surface area (Å²) < 4.78 is 0. The molecule has 0 saturated carbocycles. The Balaban J connectivity index is 3.61. The van der Waals surface area contributed by atoms with Crippen molar-refractivity contribution >= 4 is 5.97 Å². The first-order chi connectivity index (χ1) is 7.66. The van der Waals surface area contributed by atoms with Gasteiger partial charge in [0, 0.05) is 6.42 Å². The maximum atomic E-state index is 10.2. The van der Waals surface area contributed by atoms with Crippen LogP contribution in [0.15, 0.2) is 36.5 Å². The van der Waals surface area contributed by atoms with E-state index in [2.05, 4.69) is 0 Å². The van der Waals surface area contributed by atoms with Gasteiger partial charge < -0.3 is 10.2 Å². The molecule has 0 amide bonds. The van der Waals surface area contributed by atoms with Crippen molar-refractivity contribution < 1.29 is 15.0 Å². The van der Waals surface area contributed by atoms with Crippen molar-refractivity contribution in [2.24, 2.45) is 0 Å². The molecule has 90 valence electrons. The third kappa shape index (κ3) is 10.7. The Morgan fingerprint density at radius 3 is 2.69 bits per heavy atom. The lowest BCUT2D eigenvalue weighted by atomic mass is 10.1. The van der Waals surface area contributed by atoms with Gasteiger partial charge >= 0.3 is 5.97 Å². The summed E-state index contributed by atoms with van der Waals surface area (Å²) in [5.41, 5.74) is 0. The summed E-state index contributed by atoms with van der Waals surface area (Å²) in [6.07, 6.45) is 12.8. The number of aliphatic carboxylic acids is 1. The van der Waals surface area contributed by atoms with Crippen molar-refractivity contribution in [3.05, 3.63) is 36.5 Å². The highest BCUT2D eigenvalue weighted by molar-refractivity contribution is 5.66. The molecule has 1 unspecified atom stereocenters. The number of aliphatic hydroxyl groups is 1. The highest BCUT2D eigenvalue weighted by atomic mass is 16.4. The minimum atomic E-state index is -0.817. The first-order valence-corrected chi connectivity index (χ1v) is 5.51. The van der Waals surface area contributed by atoms with Gasteiger partial charge in [0.15, 0.2) is 0 Å². The zero-order valence-corrected chi connectivity index (χ0v) is 9.67. The maximum absolute atomic E-state index is 10.2. The average molecular weight is 224 g/mol. The van der Waals surface area contributed by atoms with Gasteiger partial charge in [-0.15, -0.1) is 0 Å². The van der Waals surface area contributed by atoms with Crippen LogP contribution >= 0.6 is 0 Å². The number of hydrogen-bond acceptors (Lipinski definition) is 2. The third-order valence-corrected chi connectivity index (χ3v) is 1.98. The lowest BCUT2D eigenvalue weighted by Crippen LogP contribution is -2.03. The molecule has 0 aromatic rings. The molecule has 0 bridgehead atoms. The fourth-order valence-electron chi connectivity index (χ4n) is 1.12. The Morgan fingerprint density at radius 1 is 1.31 bits per heavy atom. The summed E-state index contributed by atoms with van der Waals surface area (Å²) in [6.45, 7) is 1.97. The largest absolute Gasteiger partial charge is 0.481 e. The predicted molar refractivity (Wildman–Crippen MR) is 65.2 cm³/mol. The molecule has 3 heteroatoms. The lowest BCUT2D eigenvalue weighted by molar-refractivity contribution is -0.137. The molecule has 0 aliphatic rings. The van der Waals surface area contributed by atoms with E-state index in [1.165, 1.54) is 0 Å². The molecule has 0 spiro atoms. The number of carboxylic acid groups (broad SMARTS) is 1. The molecule has 0 radical (unpaired) electrons. The summed E-state index contributed by atoms with van der Waals surface area (Å²) >= 11 is 0. The third-order valence-electron chi connectivity index (χ3n) is 1.98. The first-order valence-electron chi connectivity index (χ1n) is 5.51. The molecule has 2 N–H and O–H groups in total. The topological polar surface area (TPSA) is 57.5 Å². The molecule has 0 aromatic carbocycles. The second-order valence-electron chi connectivity index (χ2n) is 3.47. The van der Waals surface area contributed by atoms with Gasteiger partial charge in [-0.2, -0.15) is 0 Å². The zero-order chi connectivity index (χ0) is 12.2. The minimum absolute atomic E-state index is 0.113. The van der Waals surface area contributed by atoms with E-state index in [0.717, 1.165) is 6.42 Å². The molecule has 16 heavy (non-hydrogen) atoms. The highest BCUT2D eigenvalue weighted by Gasteiger charge is 2.01. The minimum Gasteiger partial charge on any atom is -0.481 e. The zero-order valence-electron chi connectivity index (χ0n) is 9.67. The molecule has 0 saturated heterocycles. The molecule has 0 aliphatic heterocycles. The molecular formula is C13H20O3. The molecular weight excluding hydrogens is 204 g/mol. The van der Waals surface area contributed by atoms with Crippen LogP contribution in [-0.2, 0) is 4.79 Å². The Hall–Kier alpha value is -1.35. The van der Waals surface area contributed by atoms with Crippen molar-refractivity contribution in [3.8, 4) is 0 Å². The average Bonchev–Trinajstić information content (AvgIpc) is 2.22. The van der Waals surface area contributed by atoms with Crippen LogP contribution < -0.4 is 0 Å². The smallest absolute Gasteiger partial charge is 0.303 e. The lowest BCUT2D eigenvalue weighted by Gasteiger charge is -2.02. The van der Waals surface area contributed by atoms with Crippen molar-refractivity contribution in [2.75, 3.05) is 0 Å². The van der Waals surface area contributed by atoms with Crippen LogP contribution in [0.5, 0.6) is 0 Å². The molecule has 0 rings (SSSR count). The number of carboxylic acids is 1. The van der Waals surface area contributed by atoms with Crippen LogP contribution in [-0.4, -0.2) is 22.3 Å². The number of carbonyl (C=O) groups is 1. The quantitative estimate of drug-likeness (QED) is 0.492. The van der Waals surface area contributed by atoms with Crippen LogP contribution in [0.3, 0.4) is 0 Å². The van der Waals surface area contributed by atoms with Gasteiger partial charge in [-0.25, -0.2) is 0 Å². The summed E-state index contributed by atoms with van der Waals surface area (Å²) in [5.74, 6) is -0.817. The van der Waals surface area contributed by atoms with Gasteiger partial charge in [0.1, 0.15) is 0 Å². The molecule has 0 aromatic heterocycles. The van der Waals surface area contributed by atoms with E-state index >= 15 is 0 Å². The maximum Gasteiger partial charge on any atom is 0.303 e. The van der Waals surface area contributed by atoms with Crippen molar-refractivity contribution in [2.45, 2.75) is 38.7 Å².